The van der Waals surface area contributed by atoms with Gasteiger partial charge in [0.25, 0.3) is 0 Å². The molecular formula is C20H29N7O2. The van der Waals surface area contributed by atoms with Crippen molar-refractivity contribution in [2.24, 2.45) is 0 Å². The normalized spacial score (nSPS) is 16.4. The maximum atomic E-state index is 5.48. The summed E-state index contributed by atoms with van der Waals surface area (Å²) < 4.78 is 10.9. The van der Waals surface area contributed by atoms with Crippen LogP contribution in [0.2, 0.25) is 0 Å². The molecule has 0 radical (unpaired) electrons. The summed E-state index contributed by atoms with van der Waals surface area (Å²) in [4.78, 5) is 11.5. The number of aromatic nitrogens is 3. The van der Waals surface area contributed by atoms with Gasteiger partial charge in [0, 0.05) is 39.3 Å². The van der Waals surface area contributed by atoms with E-state index in [-0.39, 0.29) is 0 Å². The molecule has 0 unspecified atom stereocenters. The zero-order valence-corrected chi connectivity index (χ0v) is 17.2. The van der Waals surface area contributed by atoms with Gasteiger partial charge in [0.05, 0.1) is 6.20 Å². The average molecular weight is 399 g/mol. The Morgan fingerprint density at radius 1 is 1.10 bits per heavy atom. The predicted octanol–water partition coefficient (Wildman–Crippen LogP) is 1.29. The molecule has 0 bridgehead atoms. The molecule has 9 heteroatoms. The third kappa shape index (κ3) is 5.24. The van der Waals surface area contributed by atoms with E-state index in [9.17, 15) is 0 Å². The van der Waals surface area contributed by atoms with Crippen LogP contribution in [0.1, 0.15) is 12.0 Å². The lowest BCUT2D eigenvalue weighted by molar-refractivity contribution is 0.174. The van der Waals surface area contributed by atoms with Gasteiger partial charge in [-0.05, 0) is 44.8 Å². The number of nitrogens with one attached hydrogen (secondary N) is 1. The van der Waals surface area contributed by atoms with Crippen molar-refractivity contribution >= 4 is 11.8 Å². The molecule has 1 N–H and O–H groups in total. The molecule has 4 rings (SSSR count). The minimum Gasteiger partial charge on any atom is -0.454 e. The van der Waals surface area contributed by atoms with Crippen LogP contribution in [0.5, 0.6) is 11.5 Å². The summed E-state index contributed by atoms with van der Waals surface area (Å²) in [7, 11) is 4.15. The molecule has 1 saturated heterocycles. The van der Waals surface area contributed by atoms with Crippen molar-refractivity contribution in [3.05, 3.63) is 30.0 Å². The van der Waals surface area contributed by atoms with Gasteiger partial charge >= 0.3 is 0 Å². The Morgan fingerprint density at radius 3 is 2.76 bits per heavy atom. The first-order valence-corrected chi connectivity index (χ1v) is 10.1. The van der Waals surface area contributed by atoms with Crippen LogP contribution in [0, 0.1) is 0 Å². The topological polar surface area (TPSA) is 78.9 Å². The minimum absolute atomic E-state index is 0.316. The van der Waals surface area contributed by atoms with Gasteiger partial charge in [0.2, 0.25) is 12.7 Å². The molecule has 0 spiro atoms. The van der Waals surface area contributed by atoms with Crippen molar-refractivity contribution in [2.75, 3.05) is 70.4 Å². The molecule has 29 heavy (non-hydrogen) atoms. The number of ether oxygens (including phenoxy) is 2. The molecule has 1 aromatic carbocycles. The van der Waals surface area contributed by atoms with E-state index in [1.807, 2.05) is 6.07 Å². The standard InChI is InChI=1S/C20H29N7O2/c1-25(2)7-3-6-21-20-23-19(13-22-24-20)27-10-8-26(9-11-27)14-16-4-5-17-18(12-16)29-15-28-17/h4-5,12-13H,3,6-11,14-15H2,1-2H3,(H,21,23,24). The summed E-state index contributed by atoms with van der Waals surface area (Å²) in [6.45, 7) is 6.89. The Balaban J connectivity index is 1.26. The fraction of sp³-hybridized carbons (Fsp3) is 0.550. The van der Waals surface area contributed by atoms with Gasteiger partial charge < -0.3 is 24.6 Å². The predicted molar refractivity (Wildman–Crippen MR) is 112 cm³/mol. The first kappa shape index (κ1) is 19.7. The Morgan fingerprint density at radius 2 is 1.93 bits per heavy atom. The fourth-order valence-corrected chi connectivity index (χ4v) is 3.55. The summed E-state index contributed by atoms with van der Waals surface area (Å²) >= 11 is 0. The molecule has 2 aliphatic rings. The summed E-state index contributed by atoms with van der Waals surface area (Å²) in [5.41, 5.74) is 1.25. The van der Waals surface area contributed by atoms with Crippen LogP contribution < -0.4 is 19.7 Å². The van der Waals surface area contributed by atoms with Gasteiger partial charge in [0.1, 0.15) is 0 Å². The van der Waals surface area contributed by atoms with Crippen LogP contribution in [-0.4, -0.2) is 85.1 Å². The molecule has 3 heterocycles. The van der Waals surface area contributed by atoms with Crippen LogP contribution in [-0.2, 0) is 6.54 Å². The Labute approximate surface area is 171 Å². The van der Waals surface area contributed by atoms with Crippen LogP contribution in [0.3, 0.4) is 0 Å². The van der Waals surface area contributed by atoms with Gasteiger partial charge in [-0.15, -0.1) is 5.10 Å². The Kier molecular flexibility index (Phi) is 6.26. The first-order valence-electron chi connectivity index (χ1n) is 10.1. The molecule has 2 aromatic rings. The first-order chi connectivity index (χ1) is 14.2. The third-order valence-corrected chi connectivity index (χ3v) is 5.15. The molecule has 1 aromatic heterocycles. The molecule has 0 aliphatic carbocycles. The largest absolute Gasteiger partial charge is 0.454 e. The number of piperazine rings is 1. The second-order valence-corrected chi connectivity index (χ2v) is 7.67. The lowest BCUT2D eigenvalue weighted by Crippen LogP contribution is -2.46. The monoisotopic (exact) mass is 399 g/mol. The summed E-state index contributed by atoms with van der Waals surface area (Å²) in [6, 6.07) is 6.19. The van der Waals surface area contributed by atoms with Crippen molar-refractivity contribution in [3.8, 4) is 11.5 Å². The number of anilines is 2. The van der Waals surface area contributed by atoms with Crippen LogP contribution >= 0.6 is 0 Å². The minimum atomic E-state index is 0.316. The highest BCUT2D eigenvalue weighted by atomic mass is 16.7. The van der Waals surface area contributed by atoms with E-state index in [0.29, 0.717) is 12.7 Å². The number of hydrogen-bond donors (Lipinski definition) is 1. The zero-order valence-electron chi connectivity index (χ0n) is 17.2. The van der Waals surface area contributed by atoms with Gasteiger partial charge in [-0.1, -0.05) is 6.07 Å². The number of hydrogen-bond acceptors (Lipinski definition) is 9. The third-order valence-electron chi connectivity index (χ3n) is 5.15. The lowest BCUT2D eigenvalue weighted by Gasteiger charge is -2.35. The zero-order chi connectivity index (χ0) is 20.1. The van der Waals surface area contributed by atoms with Crippen LogP contribution in [0.4, 0.5) is 11.8 Å². The Bertz CT molecular complexity index is 809. The van der Waals surface area contributed by atoms with E-state index < -0.39 is 0 Å². The van der Waals surface area contributed by atoms with E-state index in [0.717, 1.165) is 69.6 Å². The van der Waals surface area contributed by atoms with Crippen molar-refractivity contribution in [2.45, 2.75) is 13.0 Å². The highest BCUT2D eigenvalue weighted by molar-refractivity contribution is 5.44. The fourth-order valence-electron chi connectivity index (χ4n) is 3.55. The van der Waals surface area contributed by atoms with Crippen molar-refractivity contribution in [3.63, 3.8) is 0 Å². The summed E-state index contributed by atoms with van der Waals surface area (Å²) in [5, 5.41) is 11.5. The van der Waals surface area contributed by atoms with Crippen molar-refractivity contribution in [1.82, 2.24) is 25.0 Å². The number of fused-ring (bicyclic) bond motifs is 1. The molecule has 156 valence electrons. The maximum absolute atomic E-state index is 5.48. The lowest BCUT2D eigenvalue weighted by atomic mass is 10.1. The van der Waals surface area contributed by atoms with E-state index in [1.165, 1.54) is 5.56 Å². The van der Waals surface area contributed by atoms with Crippen molar-refractivity contribution < 1.29 is 9.47 Å². The average Bonchev–Trinajstić information content (AvgIpc) is 3.20. The van der Waals surface area contributed by atoms with E-state index in [4.69, 9.17) is 9.47 Å². The van der Waals surface area contributed by atoms with E-state index >= 15 is 0 Å². The van der Waals surface area contributed by atoms with Crippen LogP contribution in [0.25, 0.3) is 0 Å². The number of rotatable bonds is 8. The van der Waals surface area contributed by atoms with Gasteiger partial charge in [-0.25, -0.2) is 0 Å². The van der Waals surface area contributed by atoms with E-state index in [2.05, 4.69) is 61.4 Å². The highest BCUT2D eigenvalue weighted by Gasteiger charge is 2.20. The summed E-state index contributed by atoms with van der Waals surface area (Å²) in [5.74, 6) is 3.17. The molecule has 2 aliphatic heterocycles. The molecule has 1 fully saturated rings. The van der Waals surface area contributed by atoms with E-state index in [1.54, 1.807) is 6.20 Å². The van der Waals surface area contributed by atoms with Crippen LogP contribution in [0.15, 0.2) is 24.4 Å². The number of nitrogens with zero attached hydrogens (tertiary/aromatic N) is 6. The molecule has 0 saturated carbocycles. The molecule has 0 amide bonds. The Hall–Kier alpha value is -2.65. The second kappa shape index (κ2) is 9.23. The summed E-state index contributed by atoms with van der Waals surface area (Å²) in [6.07, 6.45) is 2.79. The van der Waals surface area contributed by atoms with Gasteiger partial charge in [0.15, 0.2) is 17.3 Å². The van der Waals surface area contributed by atoms with Crippen molar-refractivity contribution in [1.29, 1.82) is 0 Å². The molecular weight excluding hydrogens is 370 g/mol. The number of benzene rings is 1. The molecule has 9 nitrogen and oxygen atoms in total. The SMILES string of the molecule is CN(C)CCCNc1nncc(N2CCN(Cc3ccc4c(c3)OCO4)CC2)n1. The quantitative estimate of drug-likeness (QED) is 0.661. The second-order valence-electron chi connectivity index (χ2n) is 7.67. The van der Waals surface area contributed by atoms with Gasteiger partial charge in [-0.3, -0.25) is 4.90 Å². The van der Waals surface area contributed by atoms with Gasteiger partial charge in [-0.2, -0.15) is 10.1 Å². The smallest absolute Gasteiger partial charge is 0.244 e. The highest BCUT2D eigenvalue weighted by Crippen LogP contribution is 2.32. The molecule has 0 atom stereocenters. The maximum Gasteiger partial charge on any atom is 0.244 e.